The zero-order valence-corrected chi connectivity index (χ0v) is 25.8. The number of rotatable bonds is 10. The van der Waals surface area contributed by atoms with E-state index in [-0.39, 0.29) is 34.2 Å². The summed E-state index contributed by atoms with van der Waals surface area (Å²) in [5.74, 6) is -0.178. The van der Waals surface area contributed by atoms with Crippen LogP contribution in [0.15, 0.2) is 0 Å². The van der Waals surface area contributed by atoms with E-state index in [2.05, 4.69) is 60.7 Å². The van der Waals surface area contributed by atoms with Gasteiger partial charge in [-0.15, -0.1) is 0 Å². The number of amides is 1. The molecule has 1 aliphatic heterocycles. The Labute approximate surface area is 230 Å². The number of hydrogen-bond donors (Lipinski definition) is 5. The molecule has 38 heavy (non-hydrogen) atoms. The van der Waals surface area contributed by atoms with E-state index in [9.17, 15) is 25.2 Å². The minimum Gasteiger partial charge on any atom is -0.390 e. The van der Waals surface area contributed by atoms with E-state index in [1.165, 1.54) is 0 Å². The van der Waals surface area contributed by atoms with E-state index in [4.69, 9.17) is 9.47 Å². The molecule has 8 nitrogen and oxygen atoms in total. The molecule has 8 unspecified atom stereocenters. The first-order valence-corrected chi connectivity index (χ1v) is 14.2. The van der Waals surface area contributed by atoms with Crippen molar-refractivity contribution < 1.29 is 34.7 Å². The molecule has 0 radical (unpaired) electrons. The van der Waals surface area contributed by atoms with Crippen LogP contribution in [0.1, 0.15) is 108 Å². The number of ether oxygens (including phenoxy) is 2. The average molecular weight is 544 g/mol. The fourth-order valence-corrected chi connectivity index (χ4v) is 6.78. The van der Waals surface area contributed by atoms with Crippen LogP contribution in [-0.4, -0.2) is 81.2 Å². The van der Waals surface area contributed by atoms with Crippen LogP contribution in [-0.2, 0) is 14.3 Å². The van der Waals surface area contributed by atoms with Crippen molar-refractivity contribution in [2.75, 3.05) is 6.61 Å². The topological polar surface area (TPSA) is 132 Å². The van der Waals surface area contributed by atoms with Crippen LogP contribution in [0.2, 0.25) is 0 Å². The van der Waals surface area contributed by atoms with E-state index < -0.39 is 48.3 Å². The molecule has 0 aromatic carbocycles. The lowest BCUT2D eigenvalue weighted by Crippen LogP contribution is -2.52. The third kappa shape index (κ3) is 10.0. The molecule has 0 aromatic heterocycles. The van der Waals surface area contributed by atoms with Gasteiger partial charge >= 0.3 is 0 Å². The summed E-state index contributed by atoms with van der Waals surface area (Å²) < 4.78 is 12.1. The third-order valence-corrected chi connectivity index (χ3v) is 7.67. The molecular formula is C30H57NO7. The zero-order chi connectivity index (χ0) is 29.5. The van der Waals surface area contributed by atoms with Crippen molar-refractivity contribution in [3.63, 3.8) is 0 Å². The second kappa shape index (κ2) is 11.6. The Balaban J connectivity index is 2.19. The highest BCUT2D eigenvalue weighted by Crippen LogP contribution is 2.47. The molecule has 1 saturated carbocycles. The van der Waals surface area contributed by atoms with E-state index in [0.29, 0.717) is 19.3 Å². The van der Waals surface area contributed by atoms with Crippen LogP contribution in [0.3, 0.4) is 0 Å². The first-order chi connectivity index (χ1) is 16.9. The van der Waals surface area contributed by atoms with Crippen molar-refractivity contribution in [3.8, 4) is 0 Å². The Morgan fingerprint density at radius 3 is 2.08 bits per heavy atom. The molecule has 1 aliphatic carbocycles. The highest BCUT2D eigenvalue weighted by molar-refractivity contribution is 5.77. The number of carbonyl (C=O) groups excluding carboxylic acids is 1. The van der Waals surface area contributed by atoms with E-state index >= 15 is 0 Å². The van der Waals surface area contributed by atoms with Crippen molar-refractivity contribution >= 4 is 5.91 Å². The Morgan fingerprint density at radius 2 is 1.55 bits per heavy atom. The molecule has 8 atom stereocenters. The Bertz CT molecular complexity index is 799. The minimum atomic E-state index is -1.33. The molecule has 224 valence electrons. The second-order valence-corrected chi connectivity index (χ2v) is 16.3. The maximum atomic E-state index is 13.2. The number of aliphatic hydroxyl groups is 4. The average Bonchev–Trinajstić information content (AvgIpc) is 3.34. The molecule has 2 fully saturated rings. The van der Waals surface area contributed by atoms with Crippen molar-refractivity contribution in [1.29, 1.82) is 0 Å². The number of carbonyl (C=O) groups is 1. The molecule has 0 spiro atoms. The summed E-state index contributed by atoms with van der Waals surface area (Å²) >= 11 is 0. The third-order valence-electron chi connectivity index (χ3n) is 7.67. The quantitative estimate of drug-likeness (QED) is 0.210. The van der Waals surface area contributed by atoms with Gasteiger partial charge in [-0.1, -0.05) is 69.2 Å². The van der Waals surface area contributed by atoms with Gasteiger partial charge < -0.3 is 35.2 Å². The Kier molecular flexibility index (Phi) is 10.2. The van der Waals surface area contributed by atoms with Crippen molar-refractivity contribution in [3.05, 3.63) is 0 Å². The van der Waals surface area contributed by atoms with E-state index in [1.807, 2.05) is 20.8 Å². The molecule has 8 heteroatoms. The van der Waals surface area contributed by atoms with Crippen LogP contribution in [0.4, 0.5) is 0 Å². The van der Waals surface area contributed by atoms with Crippen molar-refractivity contribution in [1.82, 2.24) is 5.32 Å². The molecule has 2 rings (SSSR count). The highest BCUT2D eigenvalue weighted by atomic mass is 16.6. The van der Waals surface area contributed by atoms with E-state index in [1.54, 1.807) is 0 Å². The van der Waals surface area contributed by atoms with Gasteiger partial charge in [-0.3, -0.25) is 4.79 Å². The van der Waals surface area contributed by atoms with Gasteiger partial charge in [-0.05, 0) is 54.3 Å². The lowest BCUT2D eigenvalue weighted by atomic mass is 9.74. The summed E-state index contributed by atoms with van der Waals surface area (Å²) in [6.07, 6.45) is -3.25. The number of aliphatic hydroxyl groups excluding tert-OH is 4. The second-order valence-electron chi connectivity index (χ2n) is 16.3. The molecule has 5 N–H and O–H groups in total. The van der Waals surface area contributed by atoms with Gasteiger partial charge in [0.1, 0.15) is 24.4 Å². The molecule has 2 aliphatic rings. The zero-order valence-electron chi connectivity index (χ0n) is 25.8. The maximum Gasteiger partial charge on any atom is 0.220 e. The maximum absolute atomic E-state index is 13.2. The highest BCUT2D eigenvalue weighted by Gasteiger charge is 2.59. The summed E-state index contributed by atoms with van der Waals surface area (Å²) in [5.41, 5.74) is -1.05. The Hall–Kier alpha value is -0.770. The minimum absolute atomic E-state index is 0.00244. The lowest BCUT2D eigenvalue weighted by molar-refractivity contribution is -0.131. The van der Waals surface area contributed by atoms with Crippen molar-refractivity contribution in [2.45, 2.75) is 157 Å². The monoisotopic (exact) mass is 543 g/mol. The van der Waals surface area contributed by atoms with Crippen LogP contribution in [0.25, 0.3) is 0 Å². The molecule has 1 amide bonds. The van der Waals surface area contributed by atoms with Gasteiger partial charge in [0.15, 0.2) is 0 Å². The normalized spacial score (nSPS) is 33.8. The molecule has 1 saturated heterocycles. The van der Waals surface area contributed by atoms with Crippen LogP contribution < -0.4 is 5.32 Å². The number of hydrogen-bond acceptors (Lipinski definition) is 7. The number of epoxide rings is 1. The van der Waals surface area contributed by atoms with Gasteiger partial charge in [-0.25, -0.2) is 0 Å². The summed E-state index contributed by atoms with van der Waals surface area (Å²) in [5, 5.41) is 45.9. The summed E-state index contributed by atoms with van der Waals surface area (Å²) in [6, 6.07) is -0.764. The largest absolute Gasteiger partial charge is 0.390 e. The summed E-state index contributed by atoms with van der Waals surface area (Å²) in [4.78, 5) is 13.2. The summed E-state index contributed by atoms with van der Waals surface area (Å²) in [7, 11) is 0. The van der Waals surface area contributed by atoms with E-state index in [0.717, 1.165) is 12.8 Å². The van der Waals surface area contributed by atoms with Crippen LogP contribution >= 0.6 is 0 Å². The fourth-order valence-electron chi connectivity index (χ4n) is 6.78. The SMILES string of the molecule is CC(C)(C)CC(C)(C)CC(=O)NC(COC1CC(C)(C)CC(O)C(O)C1O)C(O)C1OC1(C)CC(C)(C)C. The lowest BCUT2D eigenvalue weighted by Gasteiger charge is -2.34. The van der Waals surface area contributed by atoms with Crippen molar-refractivity contribution in [2.24, 2.45) is 21.7 Å². The fraction of sp³-hybridized carbons (Fsp3) is 0.967. The van der Waals surface area contributed by atoms with Gasteiger partial charge in [-0.2, -0.15) is 0 Å². The molecule has 0 bridgehead atoms. The predicted molar refractivity (Wildman–Crippen MR) is 149 cm³/mol. The van der Waals surface area contributed by atoms with Crippen LogP contribution in [0.5, 0.6) is 0 Å². The standard InChI is InChI=1S/C30H57NO7/c1-26(2,3)16-29(9,10)14-21(33)31-18(22(34)25-30(11,38-25)17-27(4,5)6)15-37-20-13-28(7,8)12-19(32)23(35)24(20)36/h18-20,22-25,32,34-36H,12-17H2,1-11H3,(H,31,33). The van der Waals surface area contributed by atoms with Crippen LogP contribution in [0, 0.1) is 21.7 Å². The smallest absolute Gasteiger partial charge is 0.220 e. The summed E-state index contributed by atoms with van der Waals surface area (Å²) in [6.45, 7) is 22.8. The number of nitrogens with one attached hydrogen (secondary N) is 1. The van der Waals surface area contributed by atoms with Gasteiger partial charge in [0.05, 0.1) is 30.5 Å². The first kappa shape index (κ1) is 33.4. The Morgan fingerprint density at radius 1 is 0.974 bits per heavy atom. The van der Waals surface area contributed by atoms with Gasteiger partial charge in [0, 0.05) is 6.42 Å². The van der Waals surface area contributed by atoms with Gasteiger partial charge in [0.25, 0.3) is 0 Å². The van der Waals surface area contributed by atoms with Gasteiger partial charge in [0.2, 0.25) is 5.91 Å². The molecule has 1 heterocycles. The predicted octanol–water partition coefficient (Wildman–Crippen LogP) is 3.57. The first-order valence-electron chi connectivity index (χ1n) is 14.2. The molecular weight excluding hydrogens is 486 g/mol. The molecule has 0 aromatic rings.